The molecule has 1 atom stereocenters. The fourth-order valence-corrected chi connectivity index (χ4v) is 2.72. The second-order valence-corrected chi connectivity index (χ2v) is 4.90. The topological polar surface area (TPSA) is 58.5 Å². The number of aromatic amines is 1. The van der Waals surface area contributed by atoms with Gasteiger partial charge in [0.2, 0.25) is 0 Å². The van der Waals surface area contributed by atoms with Crippen molar-refractivity contribution in [3.05, 3.63) is 35.7 Å². The maximum Gasteiger partial charge on any atom is 0.0921 e. The lowest BCUT2D eigenvalue weighted by molar-refractivity contribution is 0.455. The Balaban J connectivity index is 1.60. The van der Waals surface area contributed by atoms with Gasteiger partial charge in [0.1, 0.15) is 0 Å². The predicted molar refractivity (Wildman–Crippen MR) is 69.2 cm³/mol. The minimum Gasteiger partial charge on any atom is -0.348 e. The van der Waals surface area contributed by atoms with E-state index in [-0.39, 0.29) is 0 Å². The van der Waals surface area contributed by atoms with Gasteiger partial charge in [-0.2, -0.15) is 5.10 Å². The fraction of sp³-hybridized carbons (Fsp3) is 0.538. The van der Waals surface area contributed by atoms with E-state index in [0.29, 0.717) is 6.04 Å². The summed E-state index contributed by atoms with van der Waals surface area (Å²) >= 11 is 0. The lowest BCUT2D eigenvalue weighted by Gasteiger charge is -2.23. The zero-order valence-corrected chi connectivity index (χ0v) is 10.7. The van der Waals surface area contributed by atoms with E-state index in [9.17, 15) is 0 Å². The van der Waals surface area contributed by atoms with Crippen LogP contribution in [-0.2, 0) is 19.9 Å². The van der Waals surface area contributed by atoms with Crippen molar-refractivity contribution < 1.29 is 0 Å². The van der Waals surface area contributed by atoms with E-state index < -0.39 is 0 Å². The number of nitrogens with zero attached hydrogens (tertiary/aromatic N) is 3. The molecule has 0 saturated heterocycles. The van der Waals surface area contributed by atoms with Crippen LogP contribution in [0.4, 0.5) is 0 Å². The largest absolute Gasteiger partial charge is 0.348 e. The van der Waals surface area contributed by atoms with Crippen LogP contribution in [0.3, 0.4) is 0 Å². The Morgan fingerprint density at radius 2 is 2.44 bits per heavy atom. The molecular formula is C13H19N5. The number of rotatable bonds is 4. The maximum absolute atomic E-state index is 4.37. The summed E-state index contributed by atoms with van der Waals surface area (Å²) in [6.45, 7) is 0.973. The van der Waals surface area contributed by atoms with Crippen molar-refractivity contribution in [2.75, 3.05) is 6.54 Å². The summed E-state index contributed by atoms with van der Waals surface area (Å²) in [4.78, 5) is 7.16. The lowest BCUT2D eigenvalue weighted by atomic mass is 9.93. The van der Waals surface area contributed by atoms with Crippen LogP contribution < -0.4 is 5.32 Å². The van der Waals surface area contributed by atoms with Gasteiger partial charge in [-0.1, -0.05) is 0 Å². The van der Waals surface area contributed by atoms with E-state index in [1.165, 1.54) is 29.8 Å². The number of aryl methyl sites for hydroxylation is 1. The smallest absolute Gasteiger partial charge is 0.0921 e. The van der Waals surface area contributed by atoms with Crippen molar-refractivity contribution in [3.63, 3.8) is 0 Å². The molecule has 2 heterocycles. The Hall–Kier alpha value is -1.62. The third-order valence-electron chi connectivity index (χ3n) is 3.72. The third-order valence-corrected chi connectivity index (χ3v) is 3.72. The second kappa shape index (κ2) is 4.94. The Kier molecular flexibility index (Phi) is 3.15. The van der Waals surface area contributed by atoms with Gasteiger partial charge in [-0.15, -0.1) is 0 Å². The molecule has 0 bridgehead atoms. The summed E-state index contributed by atoms with van der Waals surface area (Å²) in [5.41, 5.74) is 3.96. The average Bonchev–Trinajstić information content (AvgIpc) is 3.01. The van der Waals surface area contributed by atoms with Gasteiger partial charge in [0.05, 0.1) is 12.5 Å². The van der Waals surface area contributed by atoms with Gasteiger partial charge in [-0.3, -0.25) is 4.68 Å². The quantitative estimate of drug-likeness (QED) is 0.855. The van der Waals surface area contributed by atoms with Crippen LogP contribution in [-0.4, -0.2) is 26.3 Å². The monoisotopic (exact) mass is 245 g/mol. The highest BCUT2D eigenvalue weighted by atomic mass is 15.3. The molecule has 96 valence electrons. The first-order valence-corrected chi connectivity index (χ1v) is 6.56. The first-order valence-electron chi connectivity index (χ1n) is 6.56. The van der Waals surface area contributed by atoms with Crippen LogP contribution in [0.5, 0.6) is 0 Å². The summed E-state index contributed by atoms with van der Waals surface area (Å²) in [6, 6.07) is 0.463. The Morgan fingerprint density at radius 3 is 3.28 bits per heavy atom. The standard InChI is InChI=1S/C13H19N5/c1-18-13-4-2-3-12(11(13)8-17-18)15-6-5-10-7-14-9-16-10/h7-9,12,15H,2-6H2,1H3,(H,14,16). The molecule has 1 aliphatic rings. The van der Waals surface area contributed by atoms with Gasteiger partial charge in [0.15, 0.2) is 0 Å². The van der Waals surface area contributed by atoms with E-state index in [1.54, 1.807) is 6.33 Å². The van der Waals surface area contributed by atoms with E-state index in [4.69, 9.17) is 0 Å². The van der Waals surface area contributed by atoms with Crippen molar-refractivity contribution in [2.24, 2.45) is 7.05 Å². The van der Waals surface area contributed by atoms with Crippen LogP contribution >= 0.6 is 0 Å². The normalized spacial score (nSPS) is 18.8. The highest BCUT2D eigenvalue weighted by Crippen LogP contribution is 2.28. The molecule has 1 aliphatic carbocycles. The van der Waals surface area contributed by atoms with Crippen molar-refractivity contribution in [2.45, 2.75) is 31.7 Å². The van der Waals surface area contributed by atoms with Crippen LogP contribution in [0.15, 0.2) is 18.7 Å². The molecule has 0 spiro atoms. The number of nitrogens with one attached hydrogen (secondary N) is 2. The highest BCUT2D eigenvalue weighted by molar-refractivity contribution is 5.24. The van der Waals surface area contributed by atoms with E-state index in [1.807, 2.05) is 24.1 Å². The van der Waals surface area contributed by atoms with Crippen LogP contribution in [0.1, 0.15) is 35.8 Å². The molecule has 0 amide bonds. The lowest BCUT2D eigenvalue weighted by Crippen LogP contribution is -2.27. The molecule has 3 rings (SSSR count). The summed E-state index contributed by atoms with van der Waals surface area (Å²) in [7, 11) is 2.03. The summed E-state index contributed by atoms with van der Waals surface area (Å²) in [6.07, 6.45) is 10.2. The fourth-order valence-electron chi connectivity index (χ4n) is 2.72. The first-order chi connectivity index (χ1) is 8.84. The van der Waals surface area contributed by atoms with Gasteiger partial charge in [0, 0.05) is 49.2 Å². The predicted octanol–water partition coefficient (Wildman–Crippen LogP) is 1.35. The molecule has 0 fully saturated rings. The number of aromatic nitrogens is 4. The van der Waals surface area contributed by atoms with Crippen LogP contribution in [0.2, 0.25) is 0 Å². The van der Waals surface area contributed by atoms with Crippen molar-refractivity contribution in [3.8, 4) is 0 Å². The van der Waals surface area contributed by atoms with Crippen molar-refractivity contribution >= 4 is 0 Å². The molecule has 2 N–H and O–H groups in total. The molecule has 0 aliphatic heterocycles. The molecule has 5 heteroatoms. The van der Waals surface area contributed by atoms with Crippen LogP contribution in [0, 0.1) is 0 Å². The van der Waals surface area contributed by atoms with Gasteiger partial charge in [-0.25, -0.2) is 4.98 Å². The zero-order valence-electron chi connectivity index (χ0n) is 10.7. The highest BCUT2D eigenvalue weighted by Gasteiger charge is 2.22. The minimum atomic E-state index is 0.463. The van der Waals surface area contributed by atoms with Crippen molar-refractivity contribution in [1.82, 2.24) is 25.1 Å². The van der Waals surface area contributed by atoms with Gasteiger partial charge >= 0.3 is 0 Å². The molecule has 0 aromatic carbocycles. The van der Waals surface area contributed by atoms with Crippen LogP contribution in [0.25, 0.3) is 0 Å². The average molecular weight is 245 g/mol. The minimum absolute atomic E-state index is 0.463. The zero-order chi connectivity index (χ0) is 12.4. The Bertz CT molecular complexity index is 499. The first kappa shape index (κ1) is 11.5. The van der Waals surface area contributed by atoms with E-state index in [0.717, 1.165) is 19.4 Å². The molecule has 5 nitrogen and oxygen atoms in total. The summed E-state index contributed by atoms with van der Waals surface area (Å²) in [5, 5.41) is 8.00. The third kappa shape index (κ3) is 2.18. The molecule has 1 unspecified atom stereocenters. The van der Waals surface area contributed by atoms with E-state index in [2.05, 4.69) is 20.4 Å². The molecule has 0 saturated carbocycles. The number of hydrogen-bond acceptors (Lipinski definition) is 3. The number of hydrogen-bond donors (Lipinski definition) is 2. The Morgan fingerprint density at radius 1 is 1.50 bits per heavy atom. The second-order valence-electron chi connectivity index (χ2n) is 4.90. The van der Waals surface area contributed by atoms with Gasteiger partial charge in [0.25, 0.3) is 0 Å². The van der Waals surface area contributed by atoms with Crippen molar-refractivity contribution in [1.29, 1.82) is 0 Å². The molecule has 2 aromatic rings. The number of imidazole rings is 1. The maximum atomic E-state index is 4.37. The SMILES string of the molecule is Cn1ncc2c1CCCC2NCCc1cnc[nH]1. The molecular weight excluding hydrogens is 226 g/mol. The Labute approximate surface area is 107 Å². The number of H-pyrrole nitrogens is 1. The molecule has 2 aromatic heterocycles. The van der Waals surface area contributed by atoms with E-state index >= 15 is 0 Å². The molecule has 18 heavy (non-hydrogen) atoms. The van der Waals surface area contributed by atoms with Gasteiger partial charge < -0.3 is 10.3 Å². The molecule has 0 radical (unpaired) electrons. The summed E-state index contributed by atoms with van der Waals surface area (Å²) < 4.78 is 2.01. The summed E-state index contributed by atoms with van der Waals surface area (Å²) in [5.74, 6) is 0. The van der Waals surface area contributed by atoms with Gasteiger partial charge in [-0.05, 0) is 19.3 Å². The number of fused-ring (bicyclic) bond motifs is 1.